The van der Waals surface area contributed by atoms with Gasteiger partial charge in [0.25, 0.3) is 0 Å². The van der Waals surface area contributed by atoms with Gasteiger partial charge in [0.05, 0.1) is 11.4 Å². The van der Waals surface area contributed by atoms with E-state index in [1.54, 1.807) is 6.33 Å². The third-order valence-electron chi connectivity index (χ3n) is 5.87. The SMILES string of the molecule is C/C=C(\NCCCN1CCc2ccccc2C1)c1cc(NC2CCC2)ncn1. The van der Waals surface area contributed by atoms with Crippen molar-refractivity contribution in [1.29, 1.82) is 0 Å². The summed E-state index contributed by atoms with van der Waals surface area (Å²) >= 11 is 0. The van der Waals surface area contributed by atoms with Crippen LogP contribution in [0.2, 0.25) is 0 Å². The second-order valence-corrected chi connectivity index (χ2v) is 7.84. The van der Waals surface area contributed by atoms with Crippen molar-refractivity contribution in [3.05, 3.63) is 59.6 Å². The lowest BCUT2D eigenvalue weighted by Gasteiger charge is -2.28. The molecule has 148 valence electrons. The van der Waals surface area contributed by atoms with Gasteiger partial charge in [0, 0.05) is 38.3 Å². The van der Waals surface area contributed by atoms with Gasteiger partial charge in [0.15, 0.2) is 0 Å². The number of aromatic nitrogens is 2. The van der Waals surface area contributed by atoms with E-state index in [1.807, 2.05) is 0 Å². The van der Waals surface area contributed by atoms with Gasteiger partial charge in [-0.1, -0.05) is 30.3 Å². The summed E-state index contributed by atoms with van der Waals surface area (Å²) in [5.74, 6) is 0.933. The van der Waals surface area contributed by atoms with Crippen molar-refractivity contribution in [1.82, 2.24) is 20.2 Å². The Morgan fingerprint density at radius 3 is 2.86 bits per heavy atom. The van der Waals surface area contributed by atoms with E-state index < -0.39 is 0 Å². The van der Waals surface area contributed by atoms with E-state index in [4.69, 9.17) is 0 Å². The zero-order valence-corrected chi connectivity index (χ0v) is 16.8. The molecule has 2 aromatic rings. The Morgan fingerprint density at radius 2 is 2.07 bits per heavy atom. The summed E-state index contributed by atoms with van der Waals surface area (Å²) < 4.78 is 0. The molecule has 0 saturated heterocycles. The highest BCUT2D eigenvalue weighted by Gasteiger charge is 2.18. The van der Waals surface area contributed by atoms with E-state index in [1.165, 1.54) is 36.8 Å². The molecule has 0 radical (unpaired) electrons. The fraction of sp³-hybridized carbons (Fsp3) is 0.478. The number of hydrogen-bond acceptors (Lipinski definition) is 5. The average Bonchev–Trinajstić information content (AvgIpc) is 2.71. The Hall–Kier alpha value is -2.40. The normalized spacial score (nSPS) is 17.7. The van der Waals surface area contributed by atoms with Crippen molar-refractivity contribution in [2.24, 2.45) is 0 Å². The lowest BCUT2D eigenvalue weighted by molar-refractivity contribution is 0.251. The van der Waals surface area contributed by atoms with Gasteiger partial charge in [0.1, 0.15) is 12.1 Å². The van der Waals surface area contributed by atoms with E-state index in [9.17, 15) is 0 Å². The first-order chi connectivity index (χ1) is 13.8. The maximum atomic E-state index is 4.46. The van der Waals surface area contributed by atoms with Crippen LogP contribution in [0.4, 0.5) is 5.82 Å². The maximum Gasteiger partial charge on any atom is 0.130 e. The molecule has 2 heterocycles. The van der Waals surface area contributed by atoms with Crippen molar-refractivity contribution in [2.75, 3.05) is 25.0 Å². The van der Waals surface area contributed by atoms with Gasteiger partial charge in [-0.05, 0) is 50.2 Å². The molecule has 0 atom stereocenters. The van der Waals surface area contributed by atoms with E-state index in [-0.39, 0.29) is 0 Å². The van der Waals surface area contributed by atoms with Crippen LogP contribution in [-0.2, 0) is 13.0 Å². The van der Waals surface area contributed by atoms with Crippen molar-refractivity contribution in [3.63, 3.8) is 0 Å². The van der Waals surface area contributed by atoms with Gasteiger partial charge < -0.3 is 10.6 Å². The van der Waals surface area contributed by atoms with E-state index in [2.05, 4.69) is 68.8 Å². The van der Waals surface area contributed by atoms with Crippen LogP contribution in [0, 0.1) is 0 Å². The summed E-state index contributed by atoms with van der Waals surface area (Å²) in [5, 5.41) is 7.07. The minimum absolute atomic E-state index is 0.583. The predicted octanol–water partition coefficient (Wildman–Crippen LogP) is 3.84. The number of rotatable bonds is 8. The molecule has 0 amide bonds. The molecular formula is C23H31N5. The van der Waals surface area contributed by atoms with Crippen LogP contribution in [0.15, 0.2) is 42.7 Å². The van der Waals surface area contributed by atoms with Crippen LogP contribution in [0.25, 0.3) is 5.70 Å². The first-order valence-corrected chi connectivity index (χ1v) is 10.6. The Bertz CT molecular complexity index is 812. The molecule has 1 aliphatic heterocycles. The van der Waals surface area contributed by atoms with E-state index >= 15 is 0 Å². The molecule has 5 nitrogen and oxygen atoms in total. The summed E-state index contributed by atoms with van der Waals surface area (Å²) in [6.45, 7) is 6.37. The standard InChI is InChI=1S/C23H31N5/c1-2-21(22-15-23(26-17-25-22)27-20-9-5-10-20)24-12-6-13-28-14-11-18-7-3-4-8-19(18)16-28/h2-4,7-8,15,17,20,24H,5-6,9-14,16H2,1H3,(H,25,26,27)/b21-2-. The van der Waals surface area contributed by atoms with Crippen molar-refractivity contribution < 1.29 is 0 Å². The van der Waals surface area contributed by atoms with E-state index in [0.29, 0.717) is 6.04 Å². The van der Waals surface area contributed by atoms with Crippen molar-refractivity contribution in [2.45, 2.75) is 51.6 Å². The summed E-state index contributed by atoms with van der Waals surface area (Å²) in [6.07, 6.45) is 9.86. The Labute approximate surface area is 168 Å². The zero-order valence-electron chi connectivity index (χ0n) is 16.8. The zero-order chi connectivity index (χ0) is 19.2. The van der Waals surface area contributed by atoms with Crippen LogP contribution >= 0.6 is 0 Å². The average molecular weight is 378 g/mol. The van der Waals surface area contributed by atoms with Crippen LogP contribution < -0.4 is 10.6 Å². The van der Waals surface area contributed by atoms with Crippen LogP contribution in [0.1, 0.15) is 49.4 Å². The van der Waals surface area contributed by atoms with Gasteiger partial charge in [-0.3, -0.25) is 4.90 Å². The van der Waals surface area contributed by atoms with Gasteiger partial charge in [-0.15, -0.1) is 0 Å². The van der Waals surface area contributed by atoms with Gasteiger partial charge in [0.2, 0.25) is 0 Å². The van der Waals surface area contributed by atoms with Crippen molar-refractivity contribution >= 4 is 11.5 Å². The minimum Gasteiger partial charge on any atom is -0.384 e. The quantitative estimate of drug-likeness (QED) is 0.685. The smallest absolute Gasteiger partial charge is 0.130 e. The summed E-state index contributed by atoms with van der Waals surface area (Å²) in [5.41, 5.74) is 5.06. The van der Waals surface area contributed by atoms with Crippen molar-refractivity contribution in [3.8, 4) is 0 Å². The predicted molar refractivity (Wildman–Crippen MR) is 115 cm³/mol. The highest BCUT2D eigenvalue weighted by atomic mass is 15.1. The highest BCUT2D eigenvalue weighted by molar-refractivity contribution is 5.62. The maximum absolute atomic E-state index is 4.46. The lowest BCUT2D eigenvalue weighted by Crippen LogP contribution is -2.32. The minimum atomic E-state index is 0.583. The molecule has 5 heteroatoms. The lowest BCUT2D eigenvalue weighted by atomic mass is 9.93. The summed E-state index contributed by atoms with van der Waals surface area (Å²) in [4.78, 5) is 11.4. The Kier molecular flexibility index (Phi) is 6.22. The first-order valence-electron chi connectivity index (χ1n) is 10.6. The molecule has 2 aliphatic rings. The number of nitrogens with one attached hydrogen (secondary N) is 2. The molecule has 0 unspecified atom stereocenters. The van der Waals surface area contributed by atoms with Crippen LogP contribution in [0.5, 0.6) is 0 Å². The molecule has 0 spiro atoms. The second kappa shape index (κ2) is 9.20. The summed E-state index contributed by atoms with van der Waals surface area (Å²) in [7, 11) is 0. The molecule has 4 rings (SSSR count). The van der Waals surface area contributed by atoms with Gasteiger partial charge in [-0.25, -0.2) is 9.97 Å². The number of benzene rings is 1. The molecule has 28 heavy (non-hydrogen) atoms. The molecule has 1 aromatic heterocycles. The Balaban J connectivity index is 1.24. The molecule has 0 bridgehead atoms. The number of allylic oxidation sites excluding steroid dienone is 1. The second-order valence-electron chi connectivity index (χ2n) is 7.84. The number of anilines is 1. The number of fused-ring (bicyclic) bond motifs is 1. The van der Waals surface area contributed by atoms with Gasteiger partial charge in [-0.2, -0.15) is 0 Å². The number of hydrogen-bond donors (Lipinski definition) is 2. The topological polar surface area (TPSA) is 53.1 Å². The van der Waals surface area contributed by atoms with Crippen LogP contribution in [-0.4, -0.2) is 40.5 Å². The van der Waals surface area contributed by atoms with Crippen LogP contribution in [0.3, 0.4) is 0 Å². The largest absolute Gasteiger partial charge is 0.384 e. The monoisotopic (exact) mass is 377 g/mol. The van der Waals surface area contributed by atoms with Gasteiger partial charge >= 0.3 is 0 Å². The number of nitrogens with zero attached hydrogens (tertiary/aromatic N) is 3. The third kappa shape index (κ3) is 4.71. The fourth-order valence-electron chi connectivity index (χ4n) is 3.96. The van der Waals surface area contributed by atoms with E-state index in [0.717, 1.165) is 49.8 Å². The molecule has 1 aliphatic carbocycles. The summed E-state index contributed by atoms with van der Waals surface area (Å²) in [6, 6.07) is 11.5. The molecule has 2 N–H and O–H groups in total. The Morgan fingerprint density at radius 1 is 1.21 bits per heavy atom. The molecule has 1 saturated carbocycles. The molecular weight excluding hydrogens is 346 g/mol. The first kappa shape index (κ1) is 18.9. The molecule has 1 fully saturated rings. The highest BCUT2D eigenvalue weighted by Crippen LogP contribution is 2.23. The fourth-order valence-corrected chi connectivity index (χ4v) is 3.96. The third-order valence-corrected chi connectivity index (χ3v) is 5.87. The molecule has 1 aromatic carbocycles.